The number of carbonyl (C=O) groups is 2. The van der Waals surface area contributed by atoms with Crippen LogP contribution in [-0.4, -0.2) is 39.9 Å². The number of nitrogens with two attached hydrogens (primary N) is 1. The number of hydrogen-bond donors (Lipinski definition) is 4. The summed E-state index contributed by atoms with van der Waals surface area (Å²) in [6, 6.07) is 8.75. The van der Waals surface area contributed by atoms with Crippen LogP contribution in [0.25, 0.3) is 22.0 Å². The van der Waals surface area contributed by atoms with E-state index in [1.165, 1.54) is 6.92 Å². The molecule has 35 heavy (non-hydrogen) atoms. The number of ketones is 1. The lowest BCUT2D eigenvalue weighted by atomic mass is 9.90. The highest BCUT2D eigenvalue weighted by molar-refractivity contribution is 6.37. The Hall–Kier alpha value is -2.87. The van der Waals surface area contributed by atoms with Gasteiger partial charge in [0.15, 0.2) is 11.5 Å². The van der Waals surface area contributed by atoms with Gasteiger partial charge in [-0.3, -0.25) is 14.6 Å². The Labute approximate surface area is 214 Å². The number of anilines is 1. The van der Waals surface area contributed by atoms with Gasteiger partial charge in [-0.25, -0.2) is 0 Å². The number of rotatable bonds is 6. The highest BCUT2D eigenvalue weighted by Gasteiger charge is 2.25. The maximum Gasteiger partial charge on any atom is 0.236 e. The molecule has 3 aromatic rings. The molecule has 1 aliphatic carbocycles. The first-order valence-electron chi connectivity index (χ1n) is 11.6. The molecule has 1 atom stereocenters. The molecule has 0 saturated heterocycles. The highest BCUT2D eigenvalue weighted by Crippen LogP contribution is 2.38. The molecule has 9 heteroatoms. The zero-order valence-electron chi connectivity index (χ0n) is 19.6. The van der Waals surface area contributed by atoms with E-state index in [-0.39, 0.29) is 39.6 Å². The monoisotopic (exact) mass is 514 g/mol. The maximum atomic E-state index is 12.5. The van der Waals surface area contributed by atoms with E-state index in [1.54, 1.807) is 25.3 Å². The Bertz CT molecular complexity index is 1260. The minimum Gasteiger partial charge on any atom is -0.505 e. The third kappa shape index (κ3) is 5.53. The second kappa shape index (κ2) is 10.4. The lowest BCUT2D eigenvalue weighted by molar-refractivity contribution is -0.122. The van der Waals surface area contributed by atoms with Gasteiger partial charge in [-0.2, -0.15) is 0 Å². The van der Waals surface area contributed by atoms with Crippen molar-refractivity contribution in [3.63, 3.8) is 0 Å². The van der Waals surface area contributed by atoms with Gasteiger partial charge >= 0.3 is 0 Å². The molecule has 7 nitrogen and oxygen atoms in total. The molecular weight excluding hydrogens is 487 g/mol. The summed E-state index contributed by atoms with van der Waals surface area (Å²) >= 11 is 12.3. The highest BCUT2D eigenvalue weighted by atomic mass is 35.5. The van der Waals surface area contributed by atoms with Crippen molar-refractivity contribution in [1.29, 1.82) is 0 Å². The van der Waals surface area contributed by atoms with Gasteiger partial charge in [-0.15, -0.1) is 0 Å². The van der Waals surface area contributed by atoms with Crippen LogP contribution in [0.2, 0.25) is 10.0 Å². The van der Waals surface area contributed by atoms with Gasteiger partial charge in [0.25, 0.3) is 0 Å². The summed E-state index contributed by atoms with van der Waals surface area (Å²) in [5.74, 6) is -0.378. The van der Waals surface area contributed by atoms with E-state index < -0.39 is 6.04 Å². The number of benzene rings is 2. The lowest BCUT2D eigenvalue weighted by Crippen LogP contribution is -2.46. The third-order valence-electron chi connectivity index (χ3n) is 6.43. The Morgan fingerprint density at radius 2 is 1.69 bits per heavy atom. The number of amides is 1. The van der Waals surface area contributed by atoms with Crippen molar-refractivity contribution in [3.05, 3.63) is 52.1 Å². The fraction of sp³-hybridized carbons (Fsp3) is 0.346. The first-order chi connectivity index (χ1) is 16.6. The Kier molecular flexibility index (Phi) is 7.50. The van der Waals surface area contributed by atoms with Crippen molar-refractivity contribution in [3.8, 4) is 16.9 Å². The number of nitrogens with one attached hydrogen (secondary N) is 2. The fourth-order valence-corrected chi connectivity index (χ4v) is 4.93. The molecule has 1 heterocycles. The van der Waals surface area contributed by atoms with E-state index in [2.05, 4.69) is 15.6 Å². The molecule has 1 saturated carbocycles. The van der Waals surface area contributed by atoms with E-state index >= 15 is 0 Å². The second-order valence-corrected chi connectivity index (χ2v) is 9.93. The summed E-state index contributed by atoms with van der Waals surface area (Å²) < 4.78 is 0. The van der Waals surface area contributed by atoms with Crippen LogP contribution in [0.3, 0.4) is 0 Å². The molecule has 1 aromatic heterocycles. The van der Waals surface area contributed by atoms with Crippen molar-refractivity contribution in [2.45, 2.75) is 57.7 Å². The van der Waals surface area contributed by atoms with Gasteiger partial charge in [-0.1, -0.05) is 29.3 Å². The van der Waals surface area contributed by atoms with Crippen molar-refractivity contribution >= 4 is 51.5 Å². The zero-order valence-corrected chi connectivity index (χ0v) is 21.1. The molecule has 0 bridgehead atoms. The van der Waals surface area contributed by atoms with E-state index in [0.29, 0.717) is 5.56 Å². The van der Waals surface area contributed by atoms with Crippen molar-refractivity contribution in [1.82, 2.24) is 10.3 Å². The summed E-state index contributed by atoms with van der Waals surface area (Å²) in [4.78, 5) is 28.9. The average Bonchev–Trinajstić information content (AvgIpc) is 2.83. The zero-order chi connectivity index (χ0) is 25.3. The van der Waals surface area contributed by atoms with E-state index in [0.717, 1.165) is 53.4 Å². The number of hydrogen-bond acceptors (Lipinski definition) is 6. The predicted octanol–water partition coefficient (Wildman–Crippen LogP) is 5.30. The Morgan fingerprint density at radius 1 is 1.06 bits per heavy atom. The maximum absolute atomic E-state index is 12.5. The fourth-order valence-electron chi connectivity index (χ4n) is 4.45. The quantitative estimate of drug-likeness (QED) is 0.331. The predicted molar refractivity (Wildman–Crippen MR) is 140 cm³/mol. The van der Waals surface area contributed by atoms with Crippen LogP contribution in [0.5, 0.6) is 5.75 Å². The number of fused-ring (bicyclic) bond motifs is 1. The molecule has 0 aliphatic heterocycles. The van der Waals surface area contributed by atoms with Gasteiger partial charge in [0.2, 0.25) is 5.91 Å². The molecule has 5 N–H and O–H groups in total. The van der Waals surface area contributed by atoms with Crippen LogP contribution in [0.15, 0.2) is 36.5 Å². The number of Topliss-reactive ketones (excluding diaryl/α,β-unsaturated/α-hetero) is 1. The van der Waals surface area contributed by atoms with Crippen LogP contribution in [0, 0.1) is 0 Å². The number of carbonyl (C=O) groups excluding carboxylic acids is 2. The lowest BCUT2D eigenvalue weighted by Gasteiger charge is -2.31. The molecule has 1 aliphatic rings. The van der Waals surface area contributed by atoms with Gasteiger partial charge in [-0.05, 0) is 74.9 Å². The third-order valence-corrected chi connectivity index (χ3v) is 7.01. The molecule has 0 radical (unpaired) electrons. The minimum absolute atomic E-state index is 0.0825. The number of phenolic OH excluding ortho intramolecular Hbond substituents is 1. The van der Waals surface area contributed by atoms with Gasteiger partial charge in [0, 0.05) is 23.7 Å². The normalized spacial score (nSPS) is 18.8. The molecule has 0 unspecified atom stereocenters. The second-order valence-electron chi connectivity index (χ2n) is 9.11. The van der Waals surface area contributed by atoms with Crippen LogP contribution in [0.4, 0.5) is 5.69 Å². The SMILES string of the molecule is CC(=O)c1cnc2ccc(-c3cc(Cl)c(O)c(Cl)c3)cc2c1N[C@H]1CC[C@H](NC(=O)[C@H](C)N)CC1. The van der Waals surface area contributed by atoms with E-state index in [1.807, 2.05) is 18.2 Å². The Morgan fingerprint density at radius 3 is 2.29 bits per heavy atom. The summed E-state index contributed by atoms with van der Waals surface area (Å²) in [5.41, 5.74) is 9.24. The van der Waals surface area contributed by atoms with Gasteiger partial charge < -0.3 is 21.5 Å². The van der Waals surface area contributed by atoms with Gasteiger partial charge in [0.05, 0.1) is 32.9 Å². The number of pyridine rings is 1. The molecule has 4 rings (SSSR count). The largest absolute Gasteiger partial charge is 0.505 e. The number of nitrogens with zero attached hydrogens (tertiary/aromatic N) is 1. The molecule has 2 aromatic carbocycles. The first-order valence-corrected chi connectivity index (χ1v) is 12.3. The molecule has 184 valence electrons. The Balaban J connectivity index is 1.65. The summed E-state index contributed by atoms with van der Waals surface area (Å²) in [6.07, 6.45) is 4.94. The summed E-state index contributed by atoms with van der Waals surface area (Å²) in [5, 5.41) is 17.6. The van der Waals surface area contributed by atoms with Crippen LogP contribution in [-0.2, 0) is 4.79 Å². The van der Waals surface area contributed by atoms with E-state index in [4.69, 9.17) is 28.9 Å². The number of halogens is 2. The molecule has 0 spiro atoms. The van der Waals surface area contributed by atoms with Crippen LogP contribution in [0.1, 0.15) is 49.9 Å². The van der Waals surface area contributed by atoms with Crippen molar-refractivity contribution in [2.24, 2.45) is 5.73 Å². The van der Waals surface area contributed by atoms with E-state index in [9.17, 15) is 14.7 Å². The average molecular weight is 515 g/mol. The van der Waals surface area contributed by atoms with Crippen LogP contribution < -0.4 is 16.4 Å². The van der Waals surface area contributed by atoms with Crippen LogP contribution >= 0.6 is 23.2 Å². The molecular formula is C26H28Cl2N4O3. The number of phenols is 1. The van der Waals surface area contributed by atoms with Gasteiger partial charge in [0.1, 0.15) is 0 Å². The molecule has 1 fully saturated rings. The topological polar surface area (TPSA) is 117 Å². The van der Waals surface area contributed by atoms with Crippen molar-refractivity contribution < 1.29 is 14.7 Å². The number of aromatic hydroxyl groups is 1. The number of aromatic nitrogens is 1. The molecule has 1 amide bonds. The minimum atomic E-state index is -0.528. The standard InChI is InChI=1S/C26H28Cl2N4O3/c1-13(29)26(35)32-18-6-4-17(5-7-18)31-24-19-9-15(16-10-21(27)25(34)22(28)11-16)3-8-23(19)30-12-20(24)14(2)33/h3,8-13,17-18,34H,4-7,29H2,1-2H3,(H,30,31)(H,32,35)/t13-,17-,18-/m0/s1. The first kappa shape index (κ1) is 25.2. The summed E-state index contributed by atoms with van der Waals surface area (Å²) in [6.45, 7) is 3.20. The van der Waals surface area contributed by atoms with Crippen molar-refractivity contribution in [2.75, 3.05) is 5.32 Å². The smallest absolute Gasteiger partial charge is 0.236 e. The summed E-state index contributed by atoms with van der Waals surface area (Å²) in [7, 11) is 0.